The van der Waals surface area contributed by atoms with Gasteiger partial charge in [-0.2, -0.15) is 0 Å². The van der Waals surface area contributed by atoms with Crippen LogP contribution in [0.3, 0.4) is 0 Å². The first-order valence-electron chi connectivity index (χ1n) is 2.78. The fraction of sp³-hybridized carbons (Fsp3) is 1.00. The van der Waals surface area contributed by atoms with Gasteiger partial charge in [-0.05, 0) is 24.8 Å². The van der Waals surface area contributed by atoms with Gasteiger partial charge in [0, 0.05) is 0 Å². The maximum atomic E-state index is 5.51. The molecule has 2 atom stereocenters. The largest absolute Gasteiger partial charge is 0.322 e. The Labute approximate surface area is 45.9 Å². The molecule has 1 saturated heterocycles. The van der Waals surface area contributed by atoms with Crippen molar-refractivity contribution in [3.63, 3.8) is 0 Å². The predicted octanol–water partition coefficient (Wildman–Crippen LogP) is 0.110. The normalized spacial score (nSPS) is 41.9. The minimum Gasteiger partial charge on any atom is -0.322 e. The van der Waals surface area contributed by atoms with Crippen LogP contribution < -0.4 is 5.32 Å². The summed E-state index contributed by atoms with van der Waals surface area (Å²) in [6.07, 6.45) is 1.14. The molecule has 0 amide bonds. The van der Waals surface area contributed by atoms with Crippen LogP contribution >= 0.6 is 0 Å². The summed E-state index contributed by atoms with van der Waals surface area (Å²) in [6, 6.07) is 0. The first-order chi connectivity index (χ1) is 3.29. The van der Waals surface area contributed by atoms with Gasteiger partial charge in [0.2, 0.25) is 0 Å². The molecule has 0 aromatic heterocycles. The van der Waals surface area contributed by atoms with Crippen LogP contribution in [0, 0.1) is 5.92 Å². The Kier molecular flexibility index (Phi) is 1.38. The molecule has 0 saturated carbocycles. The van der Waals surface area contributed by atoms with Gasteiger partial charge in [-0.15, -0.1) is 0 Å². The van der Waals surface area contributed by atoms with E-state index in [1.54, 1.807) is 0 Å². The smallest absolute Gasteiger partial charge is 0.0906 e. The topological polar surface area (TPSA) is 12.0 Å². The van der Waals surface area contributed by atoms with E-state index in [1.807, 2.05) is 0 Å². The van der Waals surface area contributed by atoms with E-state index >= 15 is 0 Å². The SMILES string of the molecule is [B]C1CC(C)CN1. The second-order valence-corrected chi connectivity index (χ2v) is 2.36. The molecule has 1 aliphatic heterocycles. The zero-order chi connectivity index (χ0) is 5.28. The first kappa shape index (κ1) is 5.17. The van der Waals surface area contributed by atoms with Gasteiger partial charge in [-0.25, -0.2) is 0 Å². The van der Waals surface area contributed by atoms with Crippen LogP contribution in [0.2, 0.25) is 0 Å². The zero-order valence-electron chi connectivity index (χ0n) is 4.65. The van der Waals surface area contributed by atoms with Gasteiger partial charge in [0.1, 0.15) is 0 Å². The molecule has 1 rings (SSSR count). The van der Waals surface area contributed by atoms with Gasteiger partial charge >= 0.3 is 0 Å². The Morgan fingerprint density at radius 3 is 2.57 bits per heavy atom. The summed E-state index contributed by atoms with van der Waals surface area (Å²) in [5.74, 6) is 1.06. The molecule has 0 aromatic rings. The molecule has 0 bridgehead atoms. The highest BCUT2D eigenvalue weighted by atomic mass is 14.9. The zero-order valence-corrected chi connectivity index (χ0v) is 4.65. The third kappa shape index (κ3) is 1.20. The molecule has 0 aliphatic carbocycles. The molecule has 2 heteroatoms. The second-order valence-electron chi connectivity index (χ2n) is 2.36. The van der Waals surface area contributed by atoms with Crippen LogP contribution in [0.5, 0.6) is 0 Å². The monoisotopic (exact) mass is 95.1 g/mol. The number of hydrogen-bond acceptors (Lipinski definition) is 1. The molecular formula is C5H10BN. The minimum absolute atomic E-state index is 0.273. The van der Waals surface area contributed by atoms with Gasteiger partial charge < -0.3 is 5.32 Å². The van der Waals surface area contributed by atoms with Crippen molar-refractivity contribution in [2.75, 3.05) is 6.54 Å². The molecule has 1 N–H and O–H groups in total. The van der Waals surface area contributed by atoms with Crippen molar-refractivity contribution >= 4 is 7.85 Å². The van der Waals surface area contributed by atoms with Crippen LogP contribution in [0.15, 0.2) is 0 Å². The number of rotatable bonds is 0. The average molecular weight is 95.0 g/mol. The highest BCUT2D eigenvalue weighted by molar-refractivity contribution is 6.11. The van der Waals surface area contributed by atoms with Gasteiger partial charge in [-0.3, -0.25) is 0 Å². The summed E-state index contributed by atoms with van der Waals surface area (Å²) in [5, 5.41) is 3.15. The highest BCUT2D eigenvalue weighted by Crippen LogP contribution is 2.08. The van der Waals surface area contributed by atoms with Crippen LogP contribution in [-0.4, -0.2) is 20.3 Å². The van der Waals surface area contributed by atoms with Crippen molar-refractivity contribution in [3.05, 3.63) is 0 Å². The van der Waals surface area contributed by atoms with Crippen LogP contribution in [0.4, 0.5) is 0 Å². The maximum Gasteiger partial charge on any atom is 0.0906 e. The summed E-state index contributed by atoms with van der Waals surface area (Å²) < 4.78 is 0. The van der Waals surface area contributed by atoms with E-state index in [-0.39, 0.29) is 5.94 Å². The van der Waals surface area contributed by atoms with Crippen LogP contribution in [0.1, 0.15) is 13.3 Å². The van der Waals surface area contributed by atoms with Crippen molar-refractivity contribution in [2.24, 2.45) is 5.92 Å². The molecule has 38 valence electrons. The lowest BCUT2D eigenvalue weighted by atomic mass is 9.92. The van der Waals surface area contributed by atoms with Gasteiger partial charge in [0.15, 0.2) is 0 Å². The average Bonchev–Trinajstić information content (AvgIpc) is 1.87. The van der Waals surface area contributed by atoms with Crippen molar-refractivity contribution in [2.45, 2.75) is 19.3 Å². The minimum atomic E-state index is 0.273. The van der Waals surface area contributed by atoms with E-state index in [1.165, 1.54) is 0 Å². The molecular weight excluding hydrogens is 84.9 g/mol. The van der Waals surface area contributed by atoms with Crippen LogP contribution in [-0.2, 0) is 0 Å². The van der Waals surface area contributed by atoms with E-state index in [2.05, 4.69) is 12.2 Å². The molecule has 2 radical (unpaired) electrons. The lowest BCUT2D eigenvalue weighted by molar-refractivity contribution is 0.648. The third-order valence-electron chi connectivity index (χ3n) is 1.38. The Morgan fingerprint density at radius 2 is 2.43 bits per heavy atom. The Balaban J connectivity index is 2.26. The van der Waals surface area contributed by atoms with E-state index in [9.17, 15) is 0 Å². The van der Waals surface area contributed by atoms with E-state index in [0.717, 1.165) is 18.9 Å². The van der Waals surface area contributed by atoms with Crippen molar-refractivity contribution in [1.29, 1.82) is 0 Å². The quantitative estimate of drug-likeness (QED) is 0.421. The summed E-state index contributed by atoms with van der Waals surface area (Å²) in [7, 11) is 5.51. The van der Waals surface area contributed by atoms with Gasteiger partial charge in [0.05, 0.1) is 7.85 Å². The van der Waals surface area contributed by atoms with Gasteiger partial charge in [0.25, 0.3) is 0 Å². The van der Waals surface area contributed by atoms with E-state index in [4.69, 9.17) is 7.85 Å². The summed E-state index contributed by atoms with van der Waals surface area (Å²) in [4.78, 5) is 0. The fourth-order valence-corrected chi connectivity index (χ4v) is 0.953. The third-order valence-corrected chi connectivity index (χ3v) is 1.38. The molecule has 0 aromatic carbocycles. The molecule has 1 heterocycles. The number of hydrogen-bond donors (Lipinski definition) is 1. The molecule has 1 aliphatic rings. The second kappa shape index (κ2) is 1.87. The lowest BCUT2D eigenvalue weighted by Gasteiger charge is -1.96. The van der Waals surface area contributed by atoms with E-state index in [0.29, 0.717) is 0 Å². The molecule has 2 unspecified atom stereocenters. The number of nitrogens with one attached hydrogen (secondary N) is 1. The lowest BCUT2D eigenvalue weighted by Crippen LogP contribution is -2.20. The standard InChI is InChI=1S/C5H10BN/c1-4-2-5(6)7-3-4/h4-5,7H,2-3H2,1H3. The van der Waals surface area contributed by atoms with Crippen molar-refractivity contribution in [3.8, 4) is 0 Å². The summed E-state index contributed by atoms with van der Waals surface area (Å²) in [5.41, 5.74) is 0. The Hall–Kier alpha value is 0.0249. The highest BCUT2D eigenvalue weighted by Gasteiger charge is 2.14. The molecule has 7 heavy (non-hydrogen) atoms. The molecule has 1 nitrogen and oxygen atoms in total. The molecule has 0 spiro atoms. The Bertz CT molecular complexity index is 57.1. The first-order valence-corrected chi connectivity index (χ1v) is 2.78. The fourth-order valence-electron chi connectivity index (χ4n) is 0.953. The van der Waals surface area contributed by atoms with Crippen molar-refractivity contribution < 1.29 is 0 Å². The maximum absolute atomic E-state index is 5.51. The summed E-state index contributed by atoms with van der Waals surface area (Å²) >= 11 is 0. The Morgan fingerprint density at radius 1 is 1.71 bits per heavy atom. The van der Waals surface area contributed by atoms with Crippen LogP contribution in [0.25, 0.3) is 0 Å². The van der Waals surface area contributed by atoms with E-state index < -0.39 is 0 Å². The molecule has 1 fully saturated rings. The van der Waals surface area contributed by atoms with Crippen molar-refractivity contribution in [1.82, 2.24) is 5.32 Å². The van der Waals surface area contributed by atoms with Gasteiger partial charge in [-0.1, -0.05) is 6.92 Å². The predicted molar refractivity (Wildman–Crippen MR) is 31.3 cm³/mol. The summed E-state index contributed by atoms with van der Waals surface area (Å²) in [6.45, 7) is 3.31.